The third-order valence-corrected chi connectivity index (χ3v) is 9.18. The number of nitrogens with zero attached hydrogens (tertiary/aromatic N) is 1. The smallest absolute Gasteiger partial charge is 0.335 e. The van der Waals surface area contributed by atoms with E-state index in [0.29, 0.717) is 39.2 Å². The average Bonchev–Trinajstić information content (AvgIpc) is 2.87. The summed E-state index contributed by atoms with van der Waals surface area (Å²) in [5, 5.41) is 2.24. The highest BCUT2D eigenvalue weighted by molar-refractivity contribution is 9.10. The predicted molar refractivity (Wildman–Crippen MR) is 147 cm³/mol. The SMILES string of the molecule is COc1cc(/C=C2\C(=O)NC(=O)N(c3cccc(C)c3)C2=O)cc(Br)c1OC(=O)C12CC3CC(CC(C3)C1)C2. The highest BCUT2D eigenvalue weighted by Gasteiger charge is 2.55. The molecule has 9 heteroatoms. The van der Waals surface area contributed by atoms with Crippen molar-refractivity contribution in [2.75, 3.05) is 12.0 Å². The van der Waals surface area contributed by atoms with Crippen LogP contribution in [0.1, 0.15) is 49.7 Å². The Balaban J connectivity index is 1.29. The second kappa shape index (κ2) is 9.62. The number of esters is 1. The highest BCUT2D eigenvalue weighted by Crippen LogP contribution is 2.60. The third kappa shape index (κ3) is 4.56. The van der Waals surface area contributed by atoms with Crippen LogP contribution in [0.25, 0.3) is 6.08 Å². The predicted octanol–water partition coefficient (Wildman–Crippen LogP) is 5.55. The van der Waals surface area contributed by atoms with E-state index in [4.69, 9.17) is 9.47 Å². The largest absolute Gasteiger partial charge is 0.493 e. The van der Waals surface area contributed by atoms with Crippen molar-refractivity contribution in [2.45, 2.75) is 45.4 Å². The zero-order chi connectivity index (χ0) is 27.5. The van der Waals surface area contributed by atoms with E-state index in [1.807, 2.05) is 13.0 Å². The normalized spacial score (nSPS) is 28.6. The average molecular weight is 593 g/mol. The molecular formula is C30H29BrN2O6. The number of carbonyl (C=O) groups excluding carboxylic acids is 4. The van der Waals surface area contributed by atoms with Crippen LogP contribution < -0.4 is 19.7 Å². The number of benzene rings is 2. The molecule has 0 aromatic heterocycles. The van der Waals surface area contributed by atoms with Crippen LogP contribution >= 0.6 is 15.9 Å². The number of imide groups is 2. The summed E-state index contributed by atoms with van der Waals surface area (Å²) < 4.78 is 12.0. The molecule has 0 radical (unpaired) electrons. The van der Waals surface area contributed by atoms with E-state index in [1.165, 1.54) is 32.4 Å². The zero-order valence-corrected chi connectivity index (χ0v) is 23.4. The molecule has 4 aliphatic carbocycles. The first kappa shape index (κ1) is 25.8. The molecule has 8 nitrogen and oxygen atoms in total. The molecule has 1 N–H and O–H groups in total. The summed E-state index contributed by atoms with van der Waals surface area (Å²) in [7, 11) is 1.47. The molecule has 1 saturated heterocycles. The van der Waals surface area contributed by atoms with Gasteiger partial charge in [-0.15, -0.1) is 0 Å². The topological polar surface area (TPSA) is 102 Å². The summed E-state index contributed by atoms with van der Waals surface area (Å²) in [5.41, 5.74) is 1.05. The number of hydrogen-bond donors (Lipinski definition) is 1. The van der Waals surface area contributed by atoms with E-state index in [1.54, 1.807) is 30.3 Å². The zero-order valence-electron chi connectivity index (χ0n) is 21.8. The summed E-state index contributed by atoms with van der Waals surface area (Å²) in [4.78, 5) is 53.0. The maximum Gasteiger partial charge on any atom is 0.335 e. The lowest BCUT2D eigenvalue weighted by Crippen LogP contribution is -2.54. The second-order valence-corrected chi connectivity index (χ2v) is 12.3. The number of aryl methyl sites for hydroxylation is 1. The number of barbiturate groups is 1. The molecule has 0 atom stereocenters. The Hall–Kier alpha value is -3.46. The van der Waals surface area contributed by atoms with Crippen LogP contribution in [-0.4, -0.2) is 30.9 Å². The standard InChI is InChI=1S/C30H29BrN2O6/c1-16-4-3-5-21(6-16)33-27(35)22(26(34)32-29(33)37)10-17-11-23(31)25(24(12-17)38-2)39-28(36)30-13-18-7-19(14-30)9-20(8-18)15-30/h3-6,10-12,18-20H,7-9,13-15H2,1-2H3,(H,32,34,37)/b22-10+. The van der Waals surface area contributed by atoms with E-state index in [2.05, 4.69) is 21.2 Å². The van der Waals surface area contributed by atoms with Gasteiger partial charge < -0.3 is 9.47 Å². The molecular weight excluding hydrogens is 564 g/mol. The van der Waals surface area contributed by atoms with Crippen molar-refractivity contribution in [1.82, 2.24) is 5.32 Å². The van der Waals surface area contributed by atoms with Crippen LogP contribution in [0.5, 0.6) is 11.5 Å². The number of hydrogen-bond acceptors (Lipinski definition) is 6. The Kier molecular flexibility index (Phi) is 6.37. The molecule has 39 heavy (non-hydrogen) atoms. The summed E-state index contributed by atoms with van der Waals surface area (Å²) in [5.74, 6) is 0.653. The molecule has 0 spiro atoms. The van der Waals surface area contributed by atoms with Crippen LogP contribution in [0.3, 0.4) is 0 Å². The minimum absolute atomic E-state index is 0.205. The molecule has 4 amide bonds. The Labute approximate surface area is 234 Å². The first-order chi connectivity index (χ1) is 18.7. The summed E-state index contributed by atoms with van der Waals surface area (Å²) in [6, 6.07) is 9.36. The molecule has 2 aromatic rings. The number of halogens is 1. The quantitative estimate of drug-likeness (QED) is 0.211. The molecule has 4 bridgehead atoms. The Morgan fingerprint density at radius 3 is 2.33 bits per heavy atom. The van der Waals surface area contributed by atoms with E-state index >= 15 is 0 Å². The molecule has 2 aromatic carbocycles. The maximum atomic E-state index is 13.6. The van der Waals surface area contributed by atoms with Gasteiger partial charge in [0.25, 0.3) is 11.8 Å². The Morgan fingerprint density at radius 2 is 1.72 bits per heavy atom. The molecule has 5 aliphatic rings. The fourth-order valence-electron chi connectivity index (χ4n) is 7.31. The van der Waals surface area contributed by atoms with Gasteiger partial charge >= 0.3 is 12.0 Å². The molecule has 202 valence electrons. The number of methoxy groups -OCH3 is 1. The first-order valence-electron chi connectivity index (χ1n) is 13.2. The number of carbonyl (C=O) groups is 4. The summed E-state index contributed by atoms with van der Waals surface area (Å²) in [6.45, 7) is 1.85. The van der Waals surface area contributed by atoms with Crippen molar-refractivity contribution in [2.24, 2.45) is 23.2 Å². The van der Waals surface area contributed by atoms with Crippen LogP contribution in [0.2, 0.25) is 0 Å². The van der Waals surface area contributed by atoms with Crippen molar-refractivity contribution in [3.8, 4) is 11.5 Å². The lowest BCUT2D eigenvalue weighted by Gasteiger charge is -2.55. The summed E-state index contributed by atoms with van der Waals surface area (Å²) in [6.07, 6.45) is 7.72. The highest BCUT2D eigenvalue weighted by atomic mass is 79.9. The van der Waals surface area contributed by atoms with Gasteiger partial charge in [0.05, 0.1) is 22.7 Å². The van der Waals surface area contributed by atoms with Crippen molar-refractivity contribution >= 4 is 51.5 Å². The van der Waals surface area contributed by atoms with Crippen LogP contribution in [0.4, 0.5) is 10.5 Å². The van der Waals surface area contributed by atoms with Crippen molar-refractivity contribution in [3.05, 3.63) is 57.6 Å². The van der Waals surface area contributed by atoms with Gasteiger partial charge in [-0.05, 0) is 121 Å². The van der Waals surface area contributed by atoms with Gasteiger partial charge in [-0.1, -0.05) is 12.1 Å². The van der Waals surface area contributed by atoms with Crippen molar-refractivity contribution < 1.29 is 28.7 Å². The molecule has 5 fully saturated rings. The molecule has 7 rings (SSSR count). The molecule has 1 aliphatic heterocycles. The lowest BCUT2D eigenvalue weighted by molar-refractivity contribution is -0.161. The van der Waals surface area contributed by atoms with Gasteiger partial charge in [0, 0.05) is 0 Å². The fraction of sp³-hybridized carbons (Fsp3) is 0.400. The first-order valence-corrected chi connectivity index (χ1v) is 14.0. The minimum Gasteiger partial charge on any atom is -0.493 e. The number of amides is 4. The molecule has 0 unspecified atom stereocenters. The van der Waals surface area contributed by atoms with Gasteiger partial charge in [0.2, 0.25) is 0 Å². The van der Waals surface area contributed by atoms with E-state index in [0.717, 1.165) is 29.7 Å². The lowest BCUT2D eigenvalue weighted by atomic mass is 9.49. The number of urea groups is 1. The molecule has 4 saturated carbocycles. The van der Waals surface area contributed by atoms with Crippen molar-refractivity contribution in [3.63, 3.8) is 0 Å². The van der Waals surface area contributed by atoms with E-state index in [9.17, 15) is 19.2 Å². The van der Waals surface area contributed by atoms with Gasteiger partial charge in [0.15, 0.2) is 11.5 Å². The third-order valence-electron chi connectivity index (χ3n) is 8.59. The van der Waals surface area contributed by atoms with Crippen molar-refractivity contribution in [1.29, 1.82) is 0 Å². The minimum atomic E-state index is -0.807. The van der Waals surface area contributed by atoms with Crippen LogP contribution in [0.15, 0.2) is 46.4 Å². The van der Waals surface area contributed by atoms with Gasteiger partial charge in [-0.2, -0.15) is 0 Å². The van der Waals surface area contributed by atoms with Gasteiger partial charge in [-0.25, -0.2) is 9.69 Å². The molecule has 1 heterocycles. The van der Waals surface area contributed by atoms with Gasteiger partial charge in [-0.3, -0.25) is 19.7 Å². The number of ether oxygens (including phenoxy) is 2. The number of rotatable bonds is 5. The number of anilines is 1. The van der Waals surface area contributed by atoms with Crippen LogP contribution in [0, 0.1) is 30.1 Å². The fourth-order valence-corrected chi connectivity index (χ4v) is 7.85. The second-order valence-electron chi connectivity index (χ2n) is 11.4. The van der Waals surface area contributed by atoms with Crippen LogP contribution in [-0.2, 0) is 14.4 Å². The monoisotopic (exact) mass is 592 g/mol. The number of nitrogens with one attached hydrogen (secondary N) is 1. The Morgan fingerprint density at radius 1 is 1.05 bits per heavy atom. The maximum absolute atomic E-state index is 13.6. The Bertz CT molecular complexity index is 1410. The van der Waals surface area contributed by atoms with Gasteiger partial charge in [0.1, 0.15) is 5.57 Å². The summed E-state index contributed by atoms with van der Waals surface area (Å²) >= 11 is 3.50. The van der Waals surface area contributed by atoms with E-state index < -0.39 is 23.3 Å². The van der Waals surface area contributed by atoms with E-state index in [-0.39, 0.29) is 17.3 Å².